The van der Waals surface area contributed by atoms with Gasteiger partial charge in [0.05, 0.1) is 22.0 Å². The Hall–Kier alpha value is -3.58. The van der Waals surface area contributed by atoms with Crippen molar-refractivity contribution in [1.29, 1.82) is 0 Å². The highest BCUT2D eigenvalue weighted by Crippen LogP contribution is 2.33. The second-order valence-electron chi connectivity index (χ2n) is 9.12. The maximum atomic E-state index is 11.8. The van der Waals surface area contributed by atoms with Crippen molar-refractivity contribution in [2.75, 3.05) is 11.6 Å². The van der Waals surface area contributed by atoms with E-state index in [2.05, 4.69) is 72.0 Å². The largest absolute Gasteiger partial charge is 0.357 e. The molecule has 0 saturated heterocycles. The van der Waals surface area contributed by atoms with Crippen molar-refractivity contribution in [2.45, 2.75) is 37.6 Å². The van der Waals surface area contributed by atoms with Crippen LogP contribution in [-0.4, -0.2) is 29.2 Å². The van der Waals surface area contributed by atoms with Crippen LogP contribution >= 0.6 is 0 Å². The number of nitrogens with one attached hydrogen (secondary N) is 2. The van der Waals surface area contributed by atoms with E-state index in [1.165, 1.54) is 17.2 Å². The van der Waals surface area contributed by atoms with E-state index < -0.39 is 9.84 Å². The Kier molecular flexibility index (Phi) is 5.44. The lowest BCUT2D eigenvalue weighted by atomic mass is 10.0. The third-order valence-corrected chi connectivity index (χ3v) is 7.44. The highest BCUT2D eigenvalue weighted by Gasteiger charge is 2.20. The first-order valence-electron chi connectivity index (χ1n) is 11.4. The first kappa shape index (κ1) is 22.2. The molecule has 34 heavy (non-hydrogen) atoms. The Morgan fingerprint density at radius 3 is 2.35 bits per heavy atom. The summed E-state index contributed by atoms with van der Waals surface area (Å²) in [5.41, 5.74) is 6.15. The number of hydrogen-bond acceptors (Lipinski definition) is 4. The molecule has 0 unspecified atom stereocenters. The molecular weight excluding hydrogens is 444 g/mol. The minimum atomic E-state index is -3.25. The van der Waals surface area contributed by atoms with E-state index >= 15 is 0 Å². The summed E-state index contributed by atoms with van der Waals surface area (Å²) in [5.74, 6) is 1.11. The van der Waals surface area contributed by atoms with Crippen LogP contribution in [0.25, 0.3) is 21.9 Å². The molecule has 5 aromatic rings. The van der Waals surface area contributed by atoms with E-state index in [9.17, 15) is 8.42 Å². The lowest BCUT2D eigenvalue weighted by Crippen LogP contribution is -2.10. The number of hydrogen-bond donors (Lipinski definition) is 2. The van der Waals surface area contributed by atoms with Crippen LogP contribution in [0.15, 0.2) is 77.7 Å². The fourth-order valence-corrected chi connectivity index (χ4v) is 4.96. The van der Waals surface area contributed by atoms with Gasteiger partial charge in [0.1, 0.15) is 0 Å². The van der Waals surface area contributed by atoms with Crippen molar-refractivity contribution in [3.63, 3.8) is 0 Å². The lowest BCUT2D eigenvalue weighted by Gasteiger charge is -2.18. The molecule has 7 heteroatoms. The molecule has 0 bridgehead atoms. The third kappa shape index (κ3) is 4.07. The van der Waals surface area contributed by atoms with Gasteiger partial charge in [-0.15, -0.1) is 0 Å². The van der Waals surface area contributed by atoms with Gasteiger partial charge in [-0.25, -0.2) is 13.4 Å². The zero-order valence-corrected chi connectivity index (χ0v) is 20.5. The van der Waals surface area contributed by atoms with Gasteiger partial charge in [-0.05, 0) is 72.3 Å². The minimum Gasteiger partial charge on any atom is -0.357 e. The number of para-hydroxylation sites is 1. The molecule has 0 aliphatic rings. The number of anilines is 2. The second-order valence-corrected chi connectivity index (χ2v) is 11.1. The fourth-order valence-electron chi connectivity index (χ4n) is 4.33. The van der Waals surface area contributed by atoms with Crippen LogP contribution in [0.4, 0.5) is 11.6 Å². The number of imidazole rings is 1. The van der Waals surface area contributed by atoms with Crippen molar-refractivity contribution < 1.29 is 8.42 Å². The molecule has 0 spiro atoms. The quantitative estimate of drug-likeness (QED) is 0.300. The van der Waals surface area contributed by atoms with Crippen molar-refractivity contribution in [3.8, 4) is 0 Å². The summed E-state index contributed by atoms with van der Waals surface area (Å²) in [6.07, 6.45) is 1.21. The zero-order chi connectivity index (χ0) is 24.0. The predicted molar refractivity (Wildman–Crippen MR) is 139 cm³/mol. The minimum absolute atomic E-state index is 0.0138. The smallest absolute Gasteiger partial charge is 0.209 e. The Labute approximate surface area is 199 Å². The molecule has 3 aromatic carbocycles. The Morgan fingerprint density at radius 2 is 1.68 bits per heavy atom. The van der Waals surface area contributed by atoms with Gasteiger partial charge in [0, 0.05) is 23.2 Å². The lowest BCUT2D eigenvalue weighted by molar-refractivity contribution is 0.602. The fraction of sp³-hybridized carbons (Fsp3) is 0.222. The van der Waals surface area contributed by atoms with Crippen LogP contribution in [0.1, 0.15) is 44.0 Å². The van der Waals surface area contributed by atoms with Gasteiger partial charge in [0.15, 0.2) is 9.84 Å². The van der Waals surface area contributed by atoms with Gasteiger partial charge in [-0.2, -0.15) is 0 Å². The standard InChI is InChI=1S/C27H28N4O2S/c1-17(2)19-9-14-26-25(15-19)30-27(28-21-10-12-22(13-11-21)34(4,32)33)31(26)18(3)24-16-20-7-5-6-8-23(20)29-24/h5-18,29H,1-4H3,(H,28,30)/t18-/m0/s1. The number of aromatic amines is 1. The molecule has 174 valence electrons. The van der Waals surface area contributed by atoms with Crippen LogP contribution < -0.4 is 5.32 Å². The topological polar surface area (TPSA) is 79.8 Å². The van der Waals surface area contributed by atoms with Crippen LogP contribution in [-0.2, 0) is 9.84 Å². The summed E-state index contributed by atoms with van der Waals surface area (Å²) in [6, 6.07) is 23.6. The van der Waals surface area contributed by atoms with E-state index in [-0.39, 0.29) is 6.04 Å². The van der Waals surface area contributed by atoms with Crippen molar-refractivity contribution in [1.82, 2.24) is 14.5 Å². The summed E-state index contributed by atoms with van der Waals surface area (Å²) >= 11 is 0. The van der Waals surface area contributed by atoms with Crippen molar-refractivity contribution in [3.05, 3.63) is 84.1 Å². The number of rotatable bonds is 6. The first-order valence-corrected chi connectivity index (χ1v) is 13.3. The Balaban J connectivity index is 1.61. The molecule has 2 heterocycles. The summed E-state index contributed by atoms with van der Waals surface area (Å²) in [6.45, 7) is 6.50. The SMILES string of the molecule is CC(C)c1ccc2c(c1)nc(Nc1ccc(S(C)(=O)=O)cc1)n2[C@@H](C)c1cc2ccccc2[nH]1. The predicted octanol–water partition coefficient (Wildman–Crippen LogP) is 6.40. The molecule has 0 saturated carbocycles. The summed E-state index contributed by atoms with van der Waals surface area (Å²) in [5, 5.41) is 4.59. The van der Waals surface area contributed by atoms with Gasteiger partial charge in [-0.1, -0.05) is 38.1 Å². The van der Waals surface area contributed by atoms with E-state index in [1.54, 1.807) is 24.3 Å². The summed E-state index contributed by atoms with van der Waals surface area (Å²) < 4.78 is 25.9. The zero-order valence-electron chi connectivity index (χ0n) is 19.7. The Morgan fingerprint density at radius 1 is 0.941 bits per heavy atom. The van der Waals surface area contributed by atoms with Crippen LogP contribution in [0.2, 0.25) is 0 Å². The number of sulfone groups is 1. The van der Waals surface area contributed by atoms with Crippen molar-refractivity contribution >= 4 is 43.4 Å². The first-order chi connectivity index (χ1) is 16.2. The highest BCUT2D eigenvalue weighted by molar-refractivity contribution is 7.90. The van der Waals surface area contributed by atoms with E-state index in [4.69, 9.17) is 4.98 Å². The maximum Gasteiger partial charge on any atom is 0.209 e. The summed E-state index contributed by atoms with van der Waals surface area (Å²) in [4.78, 5) is 8.78. The normalized spacial score (nSPS) is 13.1. The molecule has 6 nitrogen and oxygen atoms in total. The Bertz CT molecular complexity index is 1560. The number of H-pyrrole nitrogens is 1. The van der Waals surface area contributed by atoms with Gasteiger partial charge >= 0.3 is 0 Å². The van der Waals surface area contributed by atoms with Crippen molar-refractivity contribution in [2.24, 2.45) is 0 Å². The van der Waals surface area contributed by atoms with Crippen LogP contribution in [0.3, 0.4) is 0 Å². The van der Waals surface area contributed by atoms with Gasteiger partial charge in [0.2, 0.25) is 5.95 Å². The molecule has 0 aliphatic carbocycles. The van der Waals surface area contributed by atoms with Gasteiger partial charge in [0.25, 0.3) is 0 Å². The summed E-state index contributed by atoms with van der Waals surface area (Å²) in [7, 11) is -3.25. The molecule has 0 fully saturated rings. The molecule has 0 aliphatic heterocycles. The van der Waals surface area contributed by atoms with E-state index in [0.29, 0.717) is 16.8 Å². The molecule has 0 amide bonds. The van der Waals surface area contributed by atoms with Gasteiger partial charge in [-0.3, -0.25) is 0 Å². The molecular formula is C27H28N4O2S. The molecule has 5 rings (SSSR count). The molecule has 2 aromatic heterocycles. The van der Waals surface area contributed by atoms with Crippen LogP contribution in [0.5, 0.6) is 0 Å². The number of fused-ring (bicyclic) bond motifs is 2. The van der Waals surface area contributed by atoms with Gasteiger partial charge < -0.3 is 14.9 Å². The number of nitrogens with zero attached hydrogens (tertiary/aromatic N) is 2. The molecule has 2 N–H and O–H groups in total. The molecule has 1 atom stereocenters. The monoisotopic (exact) mass is 472 g/mol. The third-order valence-electron chi connectivity index (χ3n) is 6.31. The second kappa shape index (κ2) is 8.33. The van der Waals surface area contributed by atoms with E-state index in [1.807, 2.05) is 12.1 Å². The number of aromatic nitrogens is 3. The van der Waals surface area contributed by atoms with E-state index in [0.717, 1.165) is 27.9 Å². The average molecular weight is 473 g/mol. The van der Waals surface area contributed by atoms with Crippen LogP contribution in [0, 0.1) is 0 Å². The average Bonchev–Trinajstić information content (AvgIpc) is 3.39. The number of benzene rings is 3. The molecule has 0 radical (unpaired) electrons. The maximum absolute atomic E-state index is 11.8. The highest BCUT2D eigenvalue weighted by atomic mass is 32.2.